The standard InChI is InChI=1S/C16H20F6N2O2/c1-25-14-3-2-11(26-16(20,21)22)10-12(14)13(4-5-15(17,18)19)24-8-6-23-7-9-24/h2-3,10,13,23H,4-9H2,1H3/t13-/m1/s1. The fourth-order valence-electron chi connectivity index (χ4n) is 3.00. The van der Waals surface area contributed by atoms with Crippen molar-refractivity contribution in [3.63, 3.8) is 0 Å². The summed E-state index contributed by atoms with van der Waals surface area (Å²) < 4.78 is 84.8. The van der Waals surface area contributed by atoms with E-state index in [9.17, 15) is 26.3 Å². The summed E-state index contributed by atoms with van der Waals surface area (Å²) in [5, 5.41) is 3.10. The molecule has 1 fully saturated rings. The highest BCUT2D eigenvalue weighted by Crippen LogP contribution is 2.38. The molecule has 0 amide bonds. The van der Waals surface area contributed by atoms with Crippen molar-refractivity contribution in [1.82, 2.24) is 10.2 Å². The van der Waals surface area contributed by atoms with Gasteiger partial charge in [-0.25, -0.2) is 0 Å². The predicted octanol–water partition coefficient (Wildman–Crippen LogP) is 3.88. The van der Waals surface area contributed by atoms with E-state index in [1.165, 1.54) is 13.2 Å². The van der Waals surface area contributed by atoms with Crippen LogP contribution in [0.4, 0.5) is 26.3 Å². The molecule has 1 aliphatic heterocycles. The van der Waals surface area contributed by atoms with Gasteiger partial charge in [0.05, 0.1) is 7.11 Å². The second-order valence-electron chi connectivity index (χ2n) is 5.91. The van der Waals surface area contributed by atoms with E-state index >= 15 is 0 Å². The summed E-state index contributed by atoms with van der Waals surface area (Å²) in [5.74, 6) is -0.259. The molecular weight excluding hydrogens is 366 g/mol. The normalized spacial score (nSPS) is 17.8. The zero-order valence-electron chi connectivity index (χ0n) is 14.1. The van der Waals surface area contributed by atoms with E-state index in [1.54, 1.807) is 0 Å². The van der Waals surface area contributed by atoms with Gasteiger partial charge in [-0.15, -0.1) is 13.2 Å². The van der Waals surface area contributed by atoms with E-state index in [1.807, 2.05) is 4.90 Å². The van der Waals surface area contributed by atoms with Crippen molar-refractivity contribution in [2.45, 2.75) is 31.4 Å². The summed E-state index contributed by atoms with van der Waals surface area (Å²) in [5.41, 5.74) is 0.250. The molecule has 1 saturated heterocycles. The minimum Gasteiger partial charge on any atom is -0.496 e. The van der Waals surface area contributed by atoms with Crippen LogP contribution in [0, 0.1) is 0 Å². The first-order valence-corrected chi connectivity index (χ1v) is 8.04. The first kappa shape index (κ1) is 20.6. The minimum absolute atomic E-state index is 0.227. The minimum atomic E-state index is -4.89. The lowest BCUT2D eigenvalue weighted by Gasteiger charge is -2.36. The summed E-state index contributed by atoms with van der Waals surface area (Å²) in [6.45, 7) is 2.14. The average Bonchev–Trinajstić information content (AvgIpc) is 2.54. The maximum atomic E-state index is 12.7. The van der Waals surface area contributed by atoms with Gasteiger partial charge in [0.25, 0.3) is 0 Å². The first-order chi connectivity index (χ1) is 12.1. The van der Waals surface area contributed by atoms with Gasteiger partial charge in [0.1, 0.15) is 11.5 Å². The zero-order chi connectivity index (χ0) is 19.4. The van der Waals surface area contributed by atoms with E-state index in [-0.39, 0.29) is 17.7 Å². The van der Waals surface area contributed by atoms with Gasteiger partial charge in [-0.1, -0.05) is 0 Å². The van der Waals surface area contributed by atoms with Gasteiger partial charge >= 0.3 is 12.5 Å². The Kier molecular flexibility index (Phi) is 6.62. The molecule has 0 radical (unpaired) electrons. The molecule has 1 aliphatic rings. The van der Waals surface area contributed by atoms with Crippen LogP contribution in [0.15, 0.2) is 18.2 Å². The van der Waals surface area contributed by atoms with Crippen LogP contribution in [0.1, 0.15) is 24.4 Å². The number of halogens is 6. The molecule has 2 rings (SSSR count). The van der Waals surface area contributed by atoms with Gasteiger partial charge in [0, 0.05) is 44.2 Å². The first-order valence-electron chi connectivity index (χ1n) is 8.04. The molecule has 10 heteroatoms. The molecule has 1 N–H and O–H groups in total. The predicted molar refractivity (Wildman–Crippen MR) is 82.1 cm³/mol. The third kappa shape index (κ3) is 6.24. The quantitative estimate of drug-likeness (QED) is 0.753. The van der Waals surface area contributed by atoms with Gasteiger partial charge in [0.15, 0.2) is 0 Å². The number of nitrogens with one attached hydrogen (secondary N) is 1. The van der Waals surface area contributed by atoms with Crippen LogP contribution < -0.4 is 14.8 Å². The van der Waals surface area contributed by atoms with Gasteiger partial charge < -0.3 is 14.8 Å². The Balaban J connectivity index is 2.35. The molecule has 0 saturated carbocycles. The topological polar surface area (TPSA) is 33.7 Å². The molecule has 1 aromatic rings. The van der Waals surface area contributed by atoms with Crippen molar-refractivity contribution in [3.8, 4) is 11.5 Å². The Labute approximate surface area is 147 Å². The van der Waals surface area contributed by atoms with Gasteiger partial charge in [-0.05, 0) is 24.6 Å². The lowest BCUT2D eigenvalue weighted by atomic mass is 9.98. The van der Waals surface area contributed by atoms with Crippen molar-refractivity contribution >= 4 is 0 Å². The van der Waals surface area contributed by atoms with E-state index in [2.05, 4.69) is 10.1 Å². The van der Waals surface area contributed by atoms with Crippen molar-refractivity contribution in [3.05, 3.63) is 23.8 Å². The fourth-order valence-corrected chi connectivity index (χ4v) is 3.00. The SMILES string of the molecule is COc1ccc(OC(F)(F)F)cc1[C@@H](CCC(F)(F)F)N1CCNCC1. The molecule has 26 heavy (non-hydrogen) atoms. The number of hydrogen-bond donors (Lipinski definition) is 1. The molecule has 0 spiro atoms. The molecule has 0 bridgehead atoms. The molecule has 1 atom stereocenters. The van der Waals surface area contributed by atoms with Crippen molar-refractivity contribution in [1.29, 1.82) is 0 Å². The molecule has 1 heterocycles. The summed E-state index contributed by atoms with van der Waals surface area (Å²) in [6, 6.07) is 2.73. The number of nitrogens with zero attached hydrogens (tertiary/aromatic N) is 1. The zero-order valence-corrected chi connectivity index (χ0v) is 14.1. The Morgan fingerprint density at radius 2 is 1.77 bits per heavy atom. The van der Waals surface area contributed by atoms with Crippen molar-refractivity contribution < 1.29 is 35.8 Å². The number of ether oxygens (including phenoxy) is 2. The van der Waals surface area contributed by atoms with Crippen LogP contribution in [0.3, 0.4) is 0 Å². The van der Waals surface area contributed by atoms with Crippen LogP contribution in [0.2, 0.25) is 0 Å². The van der Waals surface area contributed by atoms with Gasteiger partial charge in [0.2, 0.25) is 0 Å². The molecule has 148 valence electrons. The smallest absolute Gasteiger partial charge is 0.496 e. The van der Waals surface area contributed by atoms with Crippen LogP contribution in [0.5, 0.6) is 11.5 Å². The van der Waals surface area contributed by atoms with E-state index < -0.39 is 30.8 Å². The van der Waals surface area contributed by atoms with Crippen LogP contribution in [0.25, 0.3) is 0 Å². The van der Waals surface area contributed by atoms with Gasteiger partial charge in [-0.3, -0.25) is 4.90 Å². The molecule has 4 nitrogen and oxygen atoms in total. The van der Waals surface area contributed by atoms with Crippen molar-refractivity contribution in [2.24, 2.45) is 0 Å². The summed E-state index contributed by atoms with van der Waals surface area (Å²) in [4.78, 5) is 1.82. The number of methoxy groups -OCH3 is 1. The Hall–Kier alpha value is -1.68. The number of alkyl halides is 6. The molecule has 0 aromatic heterocycles. The second-order valence-corrected chi connectivity index (χ2v) is 5.91. The molecule has 1 aromatic carbocycles. The van der Waals surface area contributed by atoms with E-state index in [4.69, 9.17) is 4.74 Å². The maximum Gasteiger partial charge on any atom is 0.573 e. The monoisotopic (exact) mass is 386 g/mol. The Morgan fingerprint density at radius 3 is 2.31 bits per heavy atom. The fraction of sp³-hybridized carbons (Fsp3) is 0.625. The third-order valence-corrected chi connectivity index (χ3v) is 4.09. The summed E-state index contributed by atoms with van der Waals surface area (Å²) >= 11 is 0. The van der Waals surface area contributed by atoms with E-state index in [0.29, 0.717) is 26.2 Å². The van der Waals surface area contributed by atoms with Crippen molar-refractivity contribution in [2.75, 3.05) is 33.3 Å². The highest BCUT2D eigenvalue weighted by Gasteiger charge is 2.34. The maximum absolute atomic E-state index is 12.7. The lowest BCUT2D eigenvalue weighted by molar-refractivity contribution is -0.274. The number of rotatable bonds is 6. The largest absolute Gasteiger partial charge is 0.573 e. The number of hydrogen-bond acceptors (Lipinski definition) is 4. The van der Waals surface area contributed by atoms with Crippen LogP contribution in [-0.2, 0) is 0 Å². The number of piperazine rings is 1. The Bertz CT molecular complexity index is 585. The van der Waals surface area contributed by atoms with Crippen LogP contribution >= 0.6 is 0 Å². The summed E-state index contributed by atoms with van der Waals surface area (Å²) in [6.07, 6.45) is -10.6. The van der Waals surface area contributed by atoms with Gasteiger partial charge in [-0.2, -0.15) is 13.2 Å². The summed E-state index contributed by atoms with van der Waals surface area (Å²) in [7, 11) is 1.32. The average molecular weight is 386 g/mol. The number of benzene rings is 1. The Morgan fingerprint density at radius 1 is 1.12 bits per heavy atom. The van der Waals surface area contributed by atoms with E-state index in [0.717, 1.165) is 12.1 Å². The highest BCUT2D eigenvalue weighted by molar-refractivity contribution is 5.42. The highest BCUT2D eigenvalue weighted by atomic mass is 19.4. The lowest BCUT2D eigenvalue weighted by Crippen LogP contribution is -2.45. The van der Waals surface area contributed by atoms with Crippen LogP contribution in [-0.4, -0.2) is 50.7 Å². The second kappa shape index (κ2) is 8.34. The third-order valence-electron chi connectivity index (χ3n) is 4.09. The molecular formula is C16H20F6N2O2. The molecule has 0 aliphatic carbocycles. The molecule has 0 unspecified atom stereocenters.